The van der Waals surface area contributed by atoms with Gasteiger partial charge in [-0.2, -0.15) is 0 Å². The predicted octanol–water partition coefficient (Wildman–Crippen LogP) is 6.11. The van der Waals surface area contributed by atoms with E-state index in [1.54, 1.807) is 6.20 Å². The monoisotopic (exact) mass is 517 g/mol. The number of hydrogen-bond acceptors (Lipinski definition) is 4. The summed E-state index contributed by atoms with van der Waals surface area (Å²) in [5, 5.41) is 0.200. The average Bonchev–Trinajstić information content (AvgIpc) is 3.25. The number of ether oxygens (including phenoxy) is 2. The Kier molecular flexibility index (Phi) is 6.93. The molecule has 5 nitrogen and oxygen atoms in total. The van der Waals surface area contributed by atoms with Crippen LogP contribution in [0.4, 0.5) is 17.6 Å². The topological polar surface area (TPSA) is 49.2 Å². The fraction of sp³-hybridized carbons (Fsp3) is 0.231. The van der Waals surface area contributed by atoms with Crippen molar-refractivity contribution in [1.82, 2.24) is 14.5 Å². The van der Waals surface area contributed by atoms with Gasteiger partial charge in [0.1, 0.15) is 29.8 Å². The quantitative estimate of drug-likeness (QED) is 0.264. The molecule has 0 spiro atoms. The number of imidazole rings is 1. The first-order chi connectivity index (χ1) is 17.4. The molecule has 1 saturated heterocycles. The highest BCUT2D eigenvalue weighted by Crippen LogP contribution is 2.29. The Morgan fingerprint density at radius 2 is 1.75 bits per heavy atom. The summed E-state index contributed by atoms with van der Waals surface area (Å²) in [6, 6.07) is 8.67. The molecule has 0 aliphatic carbocycles. The Labute approximate surface area is 209 Å². The van der Waals surface area contributed by atoms with Crippen molar-refractivity contribution in [2.45, 2.75) is 32.1 Å². The largest absolute Gasteiger partial charge is 0.471 e. The highest BCUT2D eigenvalue weighted by atomic mass is 35.5. The van der Waals surface area contributed by atoms with E-state index in [-0.39, 0.29) is 41.0 Å². The zero-order chi connectivity index (χ0) is 25.2. The summed E-state index contributed by atoms with van der Waals surface area (Å²) in [5.74, 6) is -3.13. The van der Waals surface area contributed by atoms with E-state index in [0.29, 0.717) is 24.0 Å². The molecule has 3 heterocycles. The number of pyridine rings is 1. The van der Waals surface area contributed by atoms with Gasteiger partial charge in [-0.05, 0) is 30.2 Å². The third-order valence-corrected chi connectivity index (χ3v) is 6.18. The van der Waals surface area contributed by atoms with Crippen LogP contribution in [-0.4, -0.2) is 27.2 Å². The van der Waals surface area contributed by atoms with Gasteiger partial charge >= 0.3 is 0 Å². The second-order valence-electron chi connectivity index (χ2n) is 8.39. The SMILES string of the molecule is Fc1cc(Cl)ccc1COc1nc(-c2ccc(Cc3nccn3C[C@@H]3CCO3)c(F)c2)c(F)cc1F. The number of nitrogens with zero attached hydrogens (tertiary/aromatic N) is 3. The van der Waals surface area contributed by atoms with Gasteiger partial charge in [-0.25, -0.2) is 27.5 Å². The molecule has 186 valence electrons. The summed E-state index contributed by atoms with van der Waals surface area (Å²) in [6.45, 7) is 1.02. The van der Waals surface area contributed by atoms with Crippen molar-refractivity contribution in [3.05, 3.63) is 100 Å². The second kappa shape index (κ2) is 10.3. The molecule has 36 heavy (non-hydrogen) atoms. The Hall–Kier alpha value is -3.43. The van der Waals surface area contributed by atoms with Crippen molar-refractivity contribution >= 4 is 11.6 Å². The van der Waals surface area contributed by atoms with E-state index in [1.807, 2.05) is 10.8 Å². The lowest BCUT2D eigenvalue weighted by Crippen LogP contribution is -2.31. The van der Waals surface area contributed by atoms with Gasteiger partial charge in [0.05, 0.1) is 12.6 Å². The summed E-state index contributed by atoms with van der Waals surface area (Å²) in [7, 11) is 0. The van der Waals surface area contributed by atoms with Gasteiger partial charge in [0.25, 0.3) is 5.88 Å². The summed E-state index contributed by atoms with van der Waals surface area (Å²) >= 11 is 5.73. The summed E-state index contributed by atoms with van der Waals surface area (Å²) in [5.41, 5.74) is 0.279. The summed E-state index contributed by atoms with van der Waals surface area (Å²) in [6.07, 6.45) is 4.79. The van der Waals surface area contributed by atoms with Gasteiger partial charge in [-0.3, -0.25) is 0 Å². The minimum atomic E-state index is -1.06. The third-order valence-electron chi connectivity index (χ3n) is 5.95. The van der Waals surface area contributed by atoms with Gasteiger partial charge in [0.15, 0.2) is 11.6 Å². The molecule has 1 aliphatic rings. The van der Waals surface area contributed by atoms with Crippen LogP contribution in [0.15, 0.2) is 54.9 Å². The first kappa shape index (κ1) is 24.3. The van der Waals surface area contributed by atoms with Crippen molar-refractivity contribution in [2.75, 3.05) is 6.61 Å². The smallest absolute Gasteiger partial charge is 0.251 e. The van der Waals surface area contributed by atoms with E-state index in [9.17, 15) is 17.6 Å². The van der Waals surface area contributed by atoms with Crippen LogP contribution in [0.25, 0.3) is 11.3 Å². The number of hydrogen-bond donors (Lipinski definition) is 0. The van der Waals surface area contributed by atoms with Gasteiger partial charge < -0.3 is 14.0 Å². The maximum atomic E-state index is 15.0. The number of rotatable bonds is 8. The zero-order valence-electron chi connectivity index (χ0n) is 18.9. The zero-order valence-corrected chi connectivity index (χ0v) is 19.6. The van der Waals surface area contributed by atoms with Crippen molar-refractivity contribution in [1.29, 1.82) is 0 Å². The molecule has 1 atom stereocenters. The molecule has 0 amide bonds. The van der Waals surface area contributed by atoms with Crippen LogP contribution in [0.3, 0.4) is 0 Å². The van der Waals surface area contributed by atoms with Crippen LogP contribution >= 0.6 is 11.6 Å². The highest BCUT2D eigenvalue weighted by Gasteiger charge is 2.21. The molecule has 4 aromatic rings. The number of halogens is 5. The first-order valence-electron chi connectivity index (χ1n) is 11.2. The Balaban J connectivity index is 1.35. The molecule has 1 fully saturated rings. The lowest BCUT2D eigenvalue weighted by Gasteiger charge is -2.27. The third kappa shape index (κ3) is 5.22. The van der Waals surface area contributed by atoms with E-state index in [0.717, 1.165) is 25.2 Å². The Morgan fingerprint density at radius 3 is 2.47 bits per heavy atom. The molecule has 5 rings (SSSR count). The van der Waals surface area contributed by atoms with E-state index in [2.05, 4.69) is 9.97 Å². The van der Waals surface area contributed by atoms with E-state index in [4.69, 9.17) is 21.1 Å². The molecule has 0 unspecified atom stereocenters. The van der Waals surface area contributed by atoms with Crippen LogP contribution in [0.2, 0.25) is 5.02 Å². The lowest BCUT2D eigenvalue weighted by molar-refractivity contribution is -0.0595. The van der Waals surface area contributed by atoms with Gasteiger partial charge in [0, 0.05) is 47.6 Å². The summed E-state index contributed by atoms with van der Waals surface area (Å²) in [4.78, 5) is 8.21. The molecule has 0 bridgehead atoms. The predicted molar refractivity (Wildman–Crippen MR) is 125 cm³/mol. The van der Waals surface area contributed by atoms with E-state index < -0.39 is 29.1 Å². The number of aromatic nitrogens is 3. The van der Waals surface area contributed by atoms with Crippen LogP contribution in [0.1, 0.15) is 23.4 Å². The molecule has 0 N–H and O–H groups in total. The molecule has 2 aromatic heterocycles. The molecule has 1 aliphatic heterocycles. The van der Waals surface area contributed by atoms with Gasteiger partial charge in [0.2, 0.25) is 0 Å². The maximum Gasteiger partial charge on any atom is 0.251 e. The van der Waals surface area contributed by atoms with Crippen LogP contribution in [0.5, 0.6) is 5.88 Å². The van der Waals surface area contributed by atoms with Crippen molar-refractivity contribution in [3.63, 3.8) is 0 Å². The van der Waals surface area contributed by atoms with Gasteiger partial charge in [-0.15, -0.1) is 0 Å². The van der Waals surface area contributed by atoms with Crippen molar-refractivity contribution in [2.24, 2.45) is 0 Å². The minimum Gasteiger partial charge on any atom is -0.471 e. The Bertz CT molecular complexity index is 1410. The fourth-order valence-corrected chi connectivity index (χ4v) is 4.03. The first-order valence-corrected chi connectivity index (χ1v) is 11.6. The Morgan fingerprint density at radius 1 is 0.972 bits per heavy atom. The van der Waals surface area contributed by atoms with E-state index >= 15 is 0 Å². The van der Waals surface area contributed by atoms with Crippen molar-refractivity contribution in [3.8, 4) is 17.1 Å². The second-order valence-corrected chi connectivity index (χ2v) is 8.83. The van der Waals surface area contributed by atoms with Crippen LogP contribution in [-0.2, 0) is 24.3 Å². The minimum absolute atomic E-state index is 0.0995. The van der Waals surface area contributed by atoms with Crippen molar-refractivity contribution < 1.29 is 27.0 Å². The molecular formula is C26H20ClF4N3O2. The number of benzene rings is 2. The summed E-state index contributed by atoms with van der Waals surface area (Å²) < 4.78 is 70.5. The average molecular weight is 518 g/mol. The fourth-order valence-electron chi connectivity index (χ4n) is 3.87. The highest BCUT2D eigenvalue weighted by molar-refractivity contribution is 6.30. The molecule has 0 radical (unpaired) electrons. The standard InChI is InChI=1S/C26H20ClF4N3O2/c27-18-4-3-17(21(29)11-18)14-36-26-23(31)12-22(30)25(33-26)16-2-1-15(20(28)9-16)10-24-32-6-7-34(24)13-19-5-8-35-19/h1-4,6-7,9,11-12,19H,5,8,10,13-14H2/t19-/m0/s1. The van der Waals surface area contributed by atoms with Gasteiger partial charge in [-0.1, -0.05) is 29.8 Å². The molecule has 10 heteroatoms. The maximum absolute atomic E-state index is 15.0. The normalized spacial score (nSPS) is 15.1. The van der Waals surface area contributed by atoms with Crippen LogP contribution in [0, 0.1) is 23.3 Å². The molecule has 2 aromatic carbocycles. The van der Waals surface area contributed by atoms with Crippen LogP contribution < -0.4 is 4.74 Å². The molecule has 0 saturated carbocycles. The lowest BCUT2D eigenvalue weighted by atomic mass is 10.0. The van der Waals surface area contributed by atoms with E-state index in [1.165, 1.54) is 24.3 Å². The molecular weight excluding hydrogens is 498 g/mol.